The van der Waals surface area contributed by atoms with Crippen LogP contribution in [0.4, 0.5) is 0 Å². The summed E-state index contributed by atoms with van der Waals surface area (Å²) in [4.78, 5) is 16.8. The molecule has 0 bridgehead atoms. The summed E-state index contributed by atoms with van der Waals surface area (Å²) in [5.74, 6) is 0. The molecule has 1 N–H and O–H groups in total. The average molecular weight is 225 g/mol. The van der Waals surface area contributed by atoms with Crippen LogP contribution in [-0.2, 0) is 11.3 Å². The molecule has 1 saturated heterocycles. The normalized spacial score (nSPS) is 17.9. The van der Waals surface area contributed by atoms with Crippen molar-refractivity contribution in [3.05, 3.63) is 21.9 Å². The number of morpholine rings is 1. The van der Waals surface area contributed by atoms with Gasteiger partial charge in [-0.1, -0.05) is 0 Å². The molecule has 0 amide bonds. The number of rotatable bonds is 3. The smallest absolute Gasteiger partial charge is 0.325 e. The number of hydrogen-bond acceptors (Lipinski definition) is 3. The number of nitrogens with one attached hydrogen (secondary N) is 1. The molecule has 5 heteroatoms. The quantitative estimate of drug-likeness (QED) is 0.795. The van der Waals surface area contributed by atoms with Gasteiger partial charge in [-0.3, -0.25) is 9.47 Å². The molecule has 1 aliphatic heterocycles. The number of aryl methyl sites for hydroxylation is 1. The fourth-order valence-electron chi connectivity index (χ4n) is 2.01. The van der Waals surface area contributed by atoms with E-state index in [-0.39, 0.29) is 5.69 Å². The molecule has 0 spiro atoms. The van der Waals surface area contributed by atoms with E-state index in [1.54, 1.807) is 0 Å². The van der Waals surface area contributed by atoms with Crippen molar-refractivity contribution in [3.63, 3.8) is 0 Å². The molecule has 90 valence electrons. The lowest BCUT2D eigenvalue weighted by Gasteiger charge is -2.26. The van der Waals surface area contributed by atoms with E-state index >= 15 is 0 Å². The molecule has 1 aromatic heterocycles. The maximum absolute atomic E-state index is 11.6. The molecule has 1 aliphatic rings. The molecule has 0 radical (unpaired) electrons. The number of nitrogens with zero attached hydrogens (tertiary/aromatic N) is 2. The average Bonchev–Trinajstić information content (AvgIpc) is 2.53. The Balaban J connectivity index is 1.96. The lowest BCUT2D eigenvalue weighted by Crippen LogP contribution is -2.39. The van der Waals surface area contributed by atoms with Crippen molar-refractivity contribution in [1.29, 1.82) is 0 Å². The van der Waals surface area contributed by atoms with Gasteiger partial charge in [-0.25, -0.2) is 4.79 Å². The molecule has 2 heterocycles. The van der Waals surface area contributed by atoms with Gasteiger partial charge in [0.15, 0.2) is 0 Å². The third-order valence-electron chi connectivity index (χ3n) is 3.23. The van der Waals surface area contributed by atoms with Gasteiger partial charge in [-0.05, 0) is 13.8 Å². The first-order valence-corrected chi connectivity index (χ1v) is 5.74. The van der Waals surface area contributed by atoms with Crippen LogP contribution in [0.2, 0.25) is 0 Å². The van der Waals surface area contributed by atoms with Crippen LogP contribution < -0.4 is 5.69 Å². The second-order valence-corrected chi connectivity index (χ2v) is 4.25. The van der Waals surface area contributed by atoms with E-state index in [0.29, 0.717) is 0 Å². The number of aromatic amines is 1. The van der Waals surface area contributed by atoms with Gasteiger partial charge in [0.2, 0.25) is 0 Å². The van der Waals surface area contributed by atoms with Crippen LogP contribution in [0.1, 0.15) is 11.4 Å². The van der Waals surface area contributed by atoms with E-state index in [2.05, 4.69) is 9.88 Å². The molecule has 1 aromatic rings. The first kappa shape index (κ1) is 11.4. The van der Waals surface area contributed by atoms with Crippen LogP contribution in [0.3, 0.4) is 0 Å². The van der Waals surface area contributed by atoms with Gasteiger partial charge in [0.1, 0.15) is 0 Å². The van der Waals surface area contributed by atoms with Gasteiger partial charge < -0.3 is 9.72 Å². The SMILES string of the molecule is Cc1[nH]c(=O)n(CCN2CCOCC2)c1C. The van der Waals surface area contributed by atoms with Gasteiger partial charge >= 0.3 is 5.69 Å². The molecule has 0 saturated carbocycles. The minimum Gasteiger partial charge on any atom is -0.379 e. The lowest BCUT2D eigenvalue weighted by atomic mass is 10.3. The Morgan fingerprint density at radius 1 is 1.25 bits per heavy atom. The zero-order valence-corrected chi connectivity index (χ0v) is 9.95. The first-order chi connectivity index (χ1) is 7.68. The van der Waals surface area contributed by atoms with Crippen LogP contribution in [0.5, 0.6) is 0 Å². The summed E-state index contributed by atoms with van der Waals surface area (Å²) in [6.45, 7) is 9.14. The van der Waals surface area contributed by atoms with Crippen molar-refractivity contribution >= 4 is 0 Å². The summed E-state index contributed by atoms with van der Waals surface area (Å²) in [5, 5.41) is 0. The fraction of sp³-hybridized carbons (Fsp3) is 0.727. The largest absolute Gasteiger partial charge is 0.379 e. The Morgan fingerprint density at radius 2 is 1.94 bits per heavy atom. The lowest BCUT2D eigenvalue weighted by molar-refractivity contribution is 0.0362. The molecule has 16 heavy (non-hydrogen) atoms. The zero-order chi connectivity index (χ0) is 11.5. The Morgan fingerprint density at radius 3 is 2.50 bits per heavy atom. The Labute approximate surface area is 95.0 Å². The summed E-state index contributed by atoms with van der Waals surface area (Å²) in [7, 11) is 0. The molecular formula is C11H19N3O2. The van der Waals surface area contributed by atoms with Gasteiger partial charge in [-0.15, -0.1) is 0 Å². The predicted molar refractivity (Wildman–Crippen MR) is 61.8 cm³/mol. The summed E-state index contributed by atoms with van der Waals surface area (Å²) < 4.78 is 7.10. The Hall–Kier alpha value is -1.07. The second-order valence-electron chi connectivity index (χ2n) is 4.25. The van der Waals surface area contributed by atoms with Crippen LogP contribution in [0.15, 0.2) is 4.79 Å². The number of imidazole rings is 1. The van der Waals surface area contributed by atoms with Crippen LogP contribution in [0.25, 0.3) is 0 Å². The van der Waals surface area contributed by atoms with Crippen LogP contribution >= 0.6 is 0 Å². The Kier molecular flexibility index (Phi) is 3.46. The third kappa shape index (κ3) is 2.36. The van der Waals surface area contributed by atoms with E-state index in [1.807, 2.05) is 18.4 Å². The van der Waals surface area contributed by atoms with Crippen molar-refractivity contribution in [2.24, 2.45) is 0 Å². The van der Waals surface area contributed by atoms with Crippen molar-refractivity contribution in [2.45, 2.75) is 20.4 Å². The molecular weight excluding hydrogens is 206 g/mol. The molecule has 0 aromatic carbocycles. The summed E-state index contributed by atoms with van der Waals surface area (Å²) in [5.41, 5.74) is 2.01. The molecule has 2 rings (SSSR count). The summed E-state index contributed by atoms with van der Waals surface area (Å²) in [6, 6.07) is 0. The monoisotopic (exact) mass is 225 g/mol. The highest BCUT2D eigenvalue weighted by Gasteiger charge is 2.12. The fourth-order valence-corrected chi connectivity index (χ4v) is 2.01. The maximum Gasteiger partial charge on any atom is 0.325 e. The van der Waals surface area contributed by atoms with Crippen molar-refractivity contribution < 1.29 is 4.74 Å². The number of aromatic nitrogens is 2. The van der Waals surface area contributed by atoms with Crippen LogP contribution in [0, 0.1) is 13.8 Å². The topological polar surface area (TPSA) is 50.3 Å². The van der Waals surface area contributed by atoms with Gasteiger partial charge in [0.05, 0.1) is 13.2 Å². The van der Waals surface area contributed by atoms with E-state index in [0.717, 1.165) is 50.8 Å². The number of H-pyrrole nitrogens is 1. The van der Waals surface area contributed by atoms with Gasteiger partial charge in [-0.2, -0.15) is 0 Å². The first-order valence-electron chi connectivity index (χ1n) is 5.74. The predicted octanol–water partition coefficient (Wildman–Crippen LogP) is 0.125. The zero-order valence-electron chi connectivity index (χ0n) is 9.95. The summed E-state index contributed by atoms with van der Waals surface area (Å²) in [6.07, 6.45) is 0. The number of ether oxygens (including phenoxy) is 1. The van der Waals surface area contributed by atoms with E-state index in [4.69, 9.17) is 4.74 Å². The standard InChI is InChI=1S/C11H19N3O2/c1-9-10(2)14(11(15)12-9)4-3-13-5-7-16-8-6-13/h3-8H2,1-2H3,(H,12,15). The molecule has 0 atom stereocenters. The van der Waals surface area contributed by atoms with Crippen molar-refractivity contribution in [1.82, 2.24) is 14.5 Å². The van der Waals surface area contributed by atoms with E-state index < -0.39 is 0 Å². The highest BCUT2D eigenvalue weighted by atomic mass is 16.5. The number of hydrogen-bond donors (Lipinski definition) is 1. The molecule has 0 unspecified atom stereocenters. The summed E-state index contributed by atoms with van der Waals surface area (Å²) >= 11 is 0. The highest BCUT2D eigenvalue weighted by molar-refractivity contribution is 5.08. The van der Waals surface area contributed by atoms with Crippen molar-refractivity contribution in [2.75, 3.05) is 32.8 Å². The highest BCUT2D eigenvalue weighted by Crippen LogP contribution is 2.02. The van der Waals surface area contributed by atoms with Crippen LogP contribution in [-0.4, -0.2) is 47.3 Å². The molecule has 5 nitrogen and oxygen atoms in total. The third-order valence-corrected chi connectivity index (χ3v) is 3.23. The minimum absolute atomic E-state index is 0.00302. The van der Waals surface area contributed by atoms with Gasteiger partial charge in [0, 0.05) is 37.6 Å². The molecule has 1 fully saturated rings. The second kappa shape index (κ2) is 4.84. The van der Waals surface area contributed by atoms with Gasteiger partial charge in [0.25, 0.3) is 0 Å². The minimum atomic E-state index is 0.00302. The van der Waals surface area contributed by atoms with E-state index in [1.165, 1.54) is 0 Å². The van der Waals surface area contributed by atoms with E-state index in [9.17, 15) is 4.79 Å². The van der Waals surface area contributed by atoms with Crippen molar-refractivity contribution in [3.8, 4) is 0 Å². The Bertz CT molecular complexity index is 402. The maximum atomic E-state index is 11.6. The molecule has 0 aliphatic carbocycles.